The molecule has 6 nitrogen and oxygen atoms in total. The highest BCUT2D eigenvalue weighted by Crippen LogP contribution is 2.62. The van der Waals surface area contributed by atoms with Crippen LogP contribution in [0.1, 0.15) is 45.6 Å². The summed E-state index contributed by atoms with van der Waals surface area (Å²) < 4.78 is 10.9. The van der Waals surface area contributed by atoms with E-state index in [2.05, 4.69) is 0 Å². The fraction of sp³-hybridized carbons (Fsp3) is 0.480. The Balaban J connectivity index is 1.88. The van der Waals surface area contributed by atoms with Crippen molar-refractivity contribution in [1.82, 2.24) is 0 Å². The lowest BCUT2D eigenvalue weighted by molar-refractivity contribution is -0.245. The molecule has 0 radical (unpaired) electrons. The van der Waals surface area contributed by atoms with Gasteiger partial charge in [0.1, 0.15) is 24.4 Å². The molecule has 4 unspecified atom stereocenters. The van der Waals surface area contributed by atoms with Crippen molar-refractivity contribution in [2.75, 3.05) is 7.11 Å². The maximum absolute atomic E-state index is 12.6. The molecule has 0 aromatic heterocycles. The first kappa shape index (κ1) is 22.9. The summed E-state index contributed by atoms with van der Waals surface area (Å²) in [7, 11) is 1.58. The van der Waals surface area contributed by atoms with Gasteiger partial charge in [0.25, 0.3) is 0 Å². The Bertz CT molecular complexity index is 912. The molecule has 0 amide bonds. The lowest BCUT2D eigenvalue weighted by Crippen LogP contribution is -2.69. The van der Waals surface area contributed by atoms with Crippen molar-refractivity contribution in [2.45, 2.75) is 51.7 Å². The maximum Gasteiger partial charge on any atom is 0.331 e. The molecule has 0 heterocycles. The van der Waals surface area contributed by atoms with Crippen LogP contribution < -0.4 is 4.74 Å². The zero-order valence-corrected chi connectivity index (χ0v) is 18.5. The average molecular weight is 427 g/mol. The van der Waals surface area contributed by atoms with E-state index in [0.717, 1.165) is 5.56 Å². The minimum atomic E-state index is -1.30. The van der Waals surface area contributed by atoms with E-state index in [1.165, 1.54) is 6.08 Å². The molecule has 1 fully saturated rings. The van der Waals surface area contributed by atoms with Crippen molar-refractivity contribution in [3.8, 4) is 5.75 Å². The number of methoxy groups -OCH3 is 1. The third-order valence-electron chi connectivity index (χ3n) is 7.41. The molecule has 1 N–H and O–H groups in total. The fourth-order valence-corrected chi connectivity index (χ4v) is 5.27. The maximum atomic E-state index is 12.6. The topological polar surface area (TPSA) is 89.9 Å². The number of allylic oxidation sites excluding steroid dienone is 1. The molecule has 0 bridgehead atoms. The number of aldehydes is 2. The minimum Gasteiger partial charge on any atom is -0.497 e. The van der Waals surface area contributed by atoms with Crippen LogP contribution in [0.2, 0.25) is 0 Å². The Morgan fingerprint density at radius 3 is 2.42 bits per heavy atom. The van der Waals surface area contributed by atoms with E-state index in [1.807, 2.05) is 26.0 Å². The van der Waals surface area contributed by atoms with Crippen LogP contribution in [0.15, 0.2) is 42.0 Å². The normalized spacial score (nSPS) is 32.0. The summed E-state index contributed by atoms with van der Waals surface area (Å²) in [5, 5.41) is 11.8. The number of ether oxygens (including phenoxy) is 2. The second-order valence-electron chi connectivity index (χ2n) is 9.24. The molecule has 2 aliphatic rings. The van der Waals surface area contributed by atoms with Crippen LogP contribution in [0.3, 0.4) is 0 Å². The van der Waals surface area contributed by atoms with Gasteiger partial charge in [0, 0.05) is 11.5 Å². The van der Waals surface area contributed by atoms with Gasteiger partial charge in [-0.15, -0.1) is 0 Å². The van der Waals surface area contributed by atoms with E-state index in [1.54, 1.807) is 38.3 Å². The smallest absolute Gasteiger partial charge is 0.331 e. The van der Waals surface area contributed by atoms with Gasteiger partial charge in [-0.3, -0.25) is 4.79 Å². The second-order valence-corrected chi connectivity index (χ2v) is 9.24. The summed E-state index contributed by atoms with van der Waals surface area (Å²) >= 11 is 0. The van der Waals surface area contributed by atoms with Crippen molar-refractivity contribution in [3.05, 3.63) is 47.6 Å². The van der Waals surface area contributed by atoms with Gasteiger partial charge in [-0.05, 0) is 54.0 Å². The van der Waals surface area contributed by atoms with Crippen molar-refractivity contribution in [3.63, 3.8) is 0 Å². The van der Waals surface area contributed by atoms with Crippen molar-refractivity contribution < 1.29 is 29.0 Å². The summed E-state index contributed by atoms with van der Waals surface area (Å²) in [6.45, 7) is 5.66. The Morgan fingerprint density at radius 1 is 1.16 bits per heavy atom. The number of fused-ring (bicyclic) bond motifs is 1. The Hall–Kier alpha value is -2.73. The number of carbonyl (C=O) groups is 3. The molecule has 1 aromatic carbocycles. The first-order valence-corrected chi connectivity index (χ1v) is 10.5. The van der Waals surface area contributed by atoms with Crippen molar-refractivity contribution >= 4 is 24.6 Å². The molecule has 0 aliphatic heterocycles. The molecule has 4 atom stereocenters. The van der Waals surface area contributed by atoms with Gasteiger partial charge in [0.05, 0.1) is 18.6 Å². The lowest BCUT2D eigenvalue weighted by Gasteiger charge is -2.63. The highest BCUT2D eigenvalue weighted by Gasteiger charge is 2.67. The fourth-order valence-electron chi connectivity index (χ4n) is 5.27. The van der Waals surface area contributed by atoms with Crippen LogP contribution in [-0.4, -0.2) is 42.5 Å². The van der Waals surface area contributed by atoms with Crippen LogP contribution in [0.25, 0.3) is 6.08 Å². The summed E-state index contributed by atoms with van der Waals surface area (Å²) in [6.07, 6.45) is 6.59. The third kappa shape index (κ3) is 3.74. The predicted molar refractivity (Wildman–Crippen MR) is 116 cm³/mol. The number of esters is 1. The number of carbonyl (C=O) groups excluding carboxylic acids is 3. The number of rotatable bonds is 6. The standard InChI is InChI=1S/C25H30O6/c1-23(2)13-12-21(24(3)20(16-27)18(15-26)11-14-25(23,24)29)31-22(28)10-7-17-5-8-19(30-4)9-6-17/h5-11,15-16,20-21,29H,12-14H2,1-4H3/b10-7+. The molecule has 0 spiro atoms. The van der Waals surface area contributed by atoms with Gasteiger partial charge < -0.3 is 19.4 Å². The summed E-state index contributed by atoms with van der Waals surface area (Å²) in [6, 6.07) is 7.21. The number of hydrogen-bond acceptors (Lipinski definition) is 6. The second kappa shape index (κ2) is 8.42. The van der Waals surface area contributed by atoms with E-state index < -0.39 is 34.4 Å². The molecule has 2 aliphatic carbocycles. The van der Waals surface area contributed by atoms with Gasteiger partial charge >= 0.3 is 5.97 Å². The summed E-state index contributed by atoms with van der Waals surface area (Å²) in [4.78, 5) is 36.3. The largest absolute Gasteiger partial charge is 0.497 e. The Morgan fingerprint density at radius 2 is 1.84 bits per heavy atom. The molecule has 3 rings (SSSR count). The lowest BCUT2D eigenvalue weighted by atomic mass is 9.45. The summed E-state index contributed by atoms with van der Waals surface area (Å²) in [5.74, 6) is -0.698. The summed E-state index contributed by atoms with van der Waals surface area (Å²) in [5.41, 5.74) is -1.81. The monoisotopic (exact) mass is 426 g/mol. The van der Waals surface area contributed by atoms with E-state index in [-0.39, 0.29) is 6.42 Å². The van der Waals surface area contributed by atoms with Crippen LogP contribution in [0.5, 0.6) is 5.75 Å². The van der Waals surface area contributed by atoms with Crippen LogP contribution in [-0.2, 0) is 19.1 Å². The van der Waals surface area contributed by atoms with E-state index in [9.17, 15) is 19.5 Å². The van der Waals surface area contributed by atoms with Gasteiger partial charge in [0.2, 0.25) is 0 Å². The highest BCUT2D eigenvalue weighted by molar-refractivity contribution is 5.87. The Kier molecular flexibility index (Phi) is 6.23. The van der Waals surface area contributed by atoms with Gasteiger partial charge in [-0.2, -0.15) is 0 Å². The van der Waals surface area contributed by atoms with Crippen LogP contribution in [0, 0.1) is 16.7 Å². The molecule has 166 valence electrons. The molecular weight excluding hydrogens is 396 g/mol. The third-order valence-corrected chi connectivity index (χ3v) is 7.41. The molecular formula is C25H30O6. The minimum absolute atomic E-state index is 0.227. The first-order valence-electron chi connectivity index (χ1n) is 10.5. The predicted octanol–water partition coefficient (Wildman–Crippen LogP) is 3.52. The zero-order valence-electron chi connectivity index (χ0n) is 18.5. The van der Waals surface area contributed by atoms with E-state index in [0.29, 0.717) is 36.7 Å². The number of aliphatic hydroxyl groups is 1. The first-order chi connectivity index (χ1) is 14.6. The van der Waals surface area contributed by atoms with Gasteiger partial charge in [0.15, 0.2) is 0 Å². The van der Waals surface area contributed by atoms with E-state index in [4.69, 9.17) is 9.47 Å². The molecule has 1 saturated carbocycles. The molecule has 0 saturated heterocycles. The SMILES string of the molecule is COc1ccc(/C=C/C(=O)OC2CCC(C)(C)C3(O)CC=C(C=O)C(C=O)C23C)cc1. The van der Waals surface area contributed by atoms with Crippen molar-refractivity contribution in [1.29, 1.82) is 0 Å². The number of hydrogen-bond donors (Lipinski definition) is 1. The van der Waals surface area contributed by atoms with E-state index >= 15 is 0 Å². The molecule has 1 aromatic rings. The zero-order chi connectivity index (χ0) is 22.9. The molecule has 6 heteroatoms. The molecule has 31 heavy (non-hydrogen) atoms. The average Bonchev–Trinajstić information content (AvgIpc) is 2.76. The number of benzene rings is 1. The van der Waals surface area contributed by atoms with Crippen molar-refractivity contribution in [2.24, 2.45) is 16.7 Å². The Labute approximate surface area is 182 Å². The highest BCUT2D eigenvalue weighted by atomic mass is 16.5. The van der Waals surface area contributed by atoms with Gasteiger partial charge in [-0.1, -0.05) is 39.0 Å². The van der Waals surface area contributed by atoms with Crippen LogP contribution >= 0.6 is 0 Å². The van der Waals surface area contributed by atoms with Gasteiger partial charge in [-0.25, -0.2) is 4.79 Å². The van der Waals surface area contributed by atoms with Crippen LogP contribution in [0.4, 0.5) is 0 Å². The quantitative estimate of drug-likeness (QED) is 0.425.